The van der Waals surface area contributed by atoms with Crippen molar-refractivity contribution in [3.8, 4) is 5.75 Å². The number of ether oxygens (including phenoxy) is 1. The van der Waals surface area contributed by atoms with Gasteiger partial charge >= 0.3 is 0 Å². The lowest BCUT2D eigenvalue weighted by atomic mass is 9.80. The maximum Gasteiger partial charge on any atom is 0.122 e. The number of hydrogen-bond acceptors (Lipinski definition) is 3. The number of aryl methyl sites for hydroxylation is 1. The molecule has 1 fully saturated rings. The molecular weight excluding hydrogens is 344 g/mol. The first-order valence-electron chi connectivity index (χ1n) is 10.9. The first kappa shape index (κ1) is 21.1. The van der Waals surface area contributed by atoms with Crippen LogP contribution in [0, 0.1) is 12.3 Å². The average Bonchev–Trinajstić information content (AvgIpc) is 2.67. The highest BCUT2D eigenvalue weighted by molar-refractivity contribution is 5.41. The van der Waals surface area contributed by atoms with Gasteiger partial charge in [-0.25, -0.2) is 0 Å². The van der Waals surface area contributed by atoms with Crippen molar-refractivity contribution in [1.29, 1.82) is 0 Å². The van der Waals surface area contributed by atoms with Crippen LogP contribution in [0.4, 0.5) is 0 Å². The molecule has 3 heteroatoms. The molecule has 1 atom stereocenters. The van der Waals surface area contributed by atoms with Crippen molar-refractivity contribution in [1.82, 2.24) is 9.80 Å². The third kappa shape index (κ3) is 5.71. The van der Waals surface area contributed by atoms with Gasteiger partial charge in [0, 0.05) is 38.6 Å². The Bertz CT molecular complexity index is 706. The lowest BCUT2D eigenvalue weighted by Gasteiger charge is -2.32. The molecule has 0 bridgehead atoms. The van der Waals surface area contributed by atoms with E-state index in [1.807, 2.05) is 0 Å². The molecule has 3 rings (SSSR count). The van der Waals surface area contributed by atoms with E-state index < -0.39 is 0 Å². The molecule has 0 radical (unpaired) electrons. The Kier molecular flexibility index (Phi) is 7.00. The summed E-state index contributed by atoms with van der Waals surface area (Å²) < 4.78 is 6.09. The predicted octanol–water partition coefficient (Wildman–Crippen LogP) is 5.03. The van der Waals surface area contributed by atoms with E-state index in [1.54, 1.807) is 0 Å². The molecular formula is C25H38N2O. The second-order valence-corrected chi connectivity index (χ2v) is 9.48. The molecule has 1 aliphatic heterocycles. The van der Waals surface area contributed by atoms with Crippen LogP contribution in [0.25, 0.3) is 0 Å². The van der Waals surface area contributed by atoms with Gasteiger partial charge in [-0.1, -0.05) is 51.1 Å². The SMILES string of the molecule is Cc1cc(C2C=CC(C(C)(C)C)=CC2)ccc1OCCCN1CCN(C)CC1. The van der Waals surface area contributed by atoms with E-state index in [1.165, 1.54) is 42.9 Å². The molecule has 0 aromatic heterocycles. The molecule has 1 heterocycles. The van der Waals surface area contributed by atoms with Crippen molar-refractivity contribution in [3.63, 3.8) is 0 Å². The number of allylic oxidation sites excluding steroid dienone is 4. The van der Waals surface area contributed by atoms with E-state index in [2.05, 4.69) is 81.0 Å². The fraction of sp³-hybridized carbons (Fsp3) is 0.600. The lowest BCUT2D eigenvalue weighted by Crippen LogP contribution is -2.44. The maximum atomic E-state index is 6.09. The van der Waals surface area contributed by atoms with E-state index in [-0.39, 0.29) is 5.41 Å². The van der Waals surface area contributed by atoms with Gasteiger partial charge in [-0.15, -0.1) is 0 Å². The second-order valence-electron chi connectivity index (χ2n) is 9.48. The Morgan fingerprint density at radius 1 is 1.11 bits per heavy atom. The van der Waals surface area contributed by atoms with Crippen LogP contribution in [-0.2, 0) is 0 Å². The van der Waals surface area contributed by atoms with Gasteiger partial charge in [0.05, 0.1) is 6.61 Å². The molecule has 1 aliphatic carbocycles. The molecule has 0 N–H and O–H groups in total. The largest absolute Gasteiger partial charge is 0.493 e. The van der Waals surface area contributed by atoms with Crippen molar-refractivity contribution in [2.24, 2.45) is 5.41 Å². The Labute approximate surface area is 172 Å². The number of piperazine rings is 1. The molecule has 2 aliphatic rings. The molecule has 1 saturated heterocycles. The molecule has 0 amide bonds. The van der Waals surface area contributed by atoms with Gasteiger partial charge in [-0.05, 0) is 55.0 Å². The molecule has 1 aromatic carbocycles. The number of hydrogen-bond donors (Lipinski definition) is 0. The van der Waals surface area contributed by atoms with Crippen molar-refractivity contribution in [2.75, 3.05) is 46.4 Å². The lowest BCUT2D eigenvalue weighted by molar-refractivity contribution is 0.145. The molecule has 0 spiro atoms. The topological polar surface area (TPSA) is 15.7 Å². The summed E-state index contributed by atoms with van der Waals surface area (Å²) in [6.07, 6.45) is 9.27. The highest BCUT2D eigenvalue weighted by Crippen LogP contribution is 2.35. The Hall–Kier alpha value is -1.58. The van der Waals surface area contributed by atoms with Crippen LogP contribution in [0.15, 0.2) is 42.0 Å². The normalized spacial score (nSPS) is 21.6. The summed E-state index contributed by atoms with van der Waals surface area (Å²) in [4.78, 5) is 4.95. The molecule has 3 nitrogen and oxygen atoms in total. The van der Waals surface area contributed by atoms with Gasteiger partial charge in [0.2, 0.25) is 0 Å². The minimum absolute atomic E-state index is 0.235. The summed E-state index contributed by atoms with van der Waals surface area (Å²) >= 11 is 0. The van der Waals surface area contributed by atoms with Gasteiger partial charge < -0.3 is 14.5 Å². The molecule has 1 unspecified atom stereocenters. The third-order valence-electron chi connectivity index (χ3n) is 6.07. The number of nitrogens with zero attached hydrogens (tertiary/aromatic N) is 2. The van der Waals surface area contributed by atoms with E-state index in [0.29, 0.717) is 5.92 Å². The fourth-order valence-corrected chi connectivity index (χ4v) is 4.03. The summed E-state index contributed by atoms with van der Waals surface area (Å²) in [5, 5.41) is 0. The fourth-order valence-electron chi connectivity index (χ4n) is 4.03. The Morgan fingerprint density at radius 2 is 1.86 bits per heavy atom. The van der Waals surface area contributed by atoms with E-state index >= 15 is 0 Å². The van der Waals surface area contributed by atoms with Crippen LogP contribution in [0.5, 0.6) is 5.75 Å². The molecule has 154 valence electrons. The van der Waals surface area contributed by atoms with Crippen LogP contribution >= 0.6 is 0 Å². The number of rotatable bonds is 6. The number of likely N-dealkylation sites (N-methyl/N-ethyl adjacent to an activating group) is 1. The maximum absolute atomic E-state index is 6.09. The van der Waals surface area contributed by atoms with E-state index in [9.17, 15) is 0 Å². The highest BCUT2D eigenvalue weighted by atomic mass is 16.5. The summed E-state index contributed by atoms with van der Waals surface area (Å²) in [6, 6.07) is 6.71. The van der Waals surface area contributed by atoms with Crippen molar-refractivity contribution in [3.05, 3.63) is 53.1 Å². The minimum Gasteiger partial charge on any atom is -0.493 e. The number of benzene rings is 1. The van der Waals surface area contributed by atoms with Gasteiger partial charge in [0.1, 0.15) is 5.75 Å². The zero-order valence-corrected chi connectivity index (χ0v) is 18.5. The monoisotopic (exact) mass is 382 g/mol. The van der Waals surface area contributed by atoms with Crippen molar-refractivity contribution in [2.45, 2.75) is 46.5 Å². The van der Waals surface area contributed by atoms with Gasteiger partial charge in [-0.2, -0.15) is 0 Å². The van der Waals surface area contributed by atoms with Crippen LogP contribution in [0.2, 0.25) is 0 Å². The Balaban J connectivity index is 1.47. The second kappa shape index (κ2) is 9.28. The summed E-state index contributed by atoms with van der Waals surface area (Å²) in [6.45, 7) is 15.7. The smallest absolute Gasteiger partial charge is 0.122 e. The van der Waals surface area contributed by atoms with Crippen LogP contribution in [-0.4, -0.2) is 56.2 Å². The third-order valence-corrected chi connectivity index (χ3v) is 6.07. The van der Waals surface area contributed by atoms with E-state index in [0.717, 1.165) is 31.7 Å². The summed E-state index contributed by atoms with van der Waals surface area (Å²) in [5.74, 6) is 1.52. The first-order valence-corrected chi connectivity index (χ1v) is 10.9. The van der Waals surface area contributed by atoms with Crippen LogP contribution in [0.1, 0.15) is 50.7 Å². The average molecular weight is 383 g/mol. The van der Waals surface area contributed by atoms with Crippen LogP contribution < -0.4 is 4.74 Å². The first-order chi connectivity index (χ1) is 13.3. The summed E-state index contributed by atoms with van der Waals surface area (Å²) in [7, 11) is 2.20. The zero-order valence-electron chi connectivity index (χ0n) is 18.5. The van der Waals surface area contributed by atoms with Gasteiger partial charge in [0.25, 0.3) is 0 Å². The minimum atomic E-state index is 0.235. The van der Waals surface area contributed by atoms with E-state index in [4.69, 9.17) is 4.74 Å². The Morgan fingerprint density at radius 3 is 2.46 bits per heavy atom. The van der Waals surface area contributed by atoms with Crippen molar-refractivity contribution < 1.29 is 4.74 Å². The standard InChI is InChI=1S/C25H38N2O/c1-20-19-22(21-7-10-23(11-8-21)25(2,3)4)9-12-24(20)28-18-6-13-27-16-14-26(5)15-17-27/h7,9-12,19,21H,6,8,13-18H2,1-5H3. The molecule has 28 heavy (non-hydrogen) atoms. The van der Waals surface area contributed by atoms with Crippen LogP contribution in [0.3, 0.4) is 0 Å². The van der Waals surface area contributed by atoms with Gasteiger partial charge in [-0.3, -0.25) is 0 Å². The quantitative estimate of drug-likeness (QED) is 0.642. The molecule has 0 saturated carbocycles. The summed E-state index contributed by atoms with van der Waals surface area (Å²) in [5.41, 5.74) is 4.32. The van der Waals surface area contributed by atoms with Crippen molar-refractivity contribution >= 4 is 0 Å². The highest BCUT2D eigenvalue weighted by Gasteiger charge is 2.19. The molecule has 1 aromatic rings. The zero-order chi connectivity index (χ0) is 20.1. The van der Waals surface area contributed by atoms with Gasteiger partial charge in [0.15, 0.2) is 0 Å². The predicted molar refractivity (Wildman–Crippen MR) is 119 cm³/mol.